The van der Waals surface area contributed by atoms with Crippen LogP contribution in [0.3, 0.4) is 0 Å². The first kappa shape index (κ1) is 15.9. The summed E-state index contributed by atoms with van der Waals surface area (Å²) >= 11 is 18.1. The number of rotatable bonds is 3. The fourth-order valence-electron chi connectivity index (χ4n) is 2.53. The minimum Gasteiger partial charge on any atom is -0.323 e. The number of carbonyl (C=O) groups is 1. The number of amides is 1. The summed E-state index contributed by atoms with van der Waals surface area (Å²) in [6, 6.07) is 3.14. The quantitative estimate of drug-likeness (QED) is 0.861. The molecule has 2 N–H and O–H groups in total. The van der Waals surface area contributed by atoms with Crippen molar-refractivity contribution in [3.8, 4) is 0 Å². The van der Waals surface area contributed by atoms with Gasteiger partial charge in [-0.25, -0.2) is 0 Å². The Morgan fingerprint density at radius 3 is 2.50 bits per heavy atom. The van der Waals surface area contributed by atoms with E-state index >= 15 is 0 Å². The van der Waals surface area contributed by atoms with Crippen LogP contribution in [0, 0.1) is 5.41 Å². The molecular formula is C14H17Cl3N2O. The van der Waals surface area contributed by atoms with Gasteiger partial charge >= 0.3 is 0 Å². The Morgan fingerprint density at radius 2 is 2.00 bits per heavy atom. The van der Waals surface area contributed by atoms with Crippen molar-refractivity contribution in [2.24, 2.45) is 5.41 Å². The molecule has 1 fully saturated rings. The third-order valence-corrected chi connectivity index (χ3v) is 4.69. The van der Waals surface area contributed by atoms with Crippen LogP contribution in [0.1, 0.15) is 26.2 Å². The summed E-state index contributed by atoms with van der Waals surface area (Å²) in [4.78, 5) is 12.6. The van der Waals surface area contributed by atoms with E-state index in [1.54, 1.807) is 12.1 Å². The summed E-state index contributed by atoms with van der Waals surface area (Å²) in [6.45, 7) is 3.66. The molecule has 1 unspecified atom stereocenters. The van der Waals surface area contributed by atoms with Crippen LogP contribution in [0.2, 0.25) is 15.1 Å². The monoisotopic (exact) mass is 334 g/mol. The van der Waals surface area contributed by atoms with Crippen LogP contribution in [0.4, 0.5) is 5.69 Å². The van der Waals surface area contributed by atoms with Gasteiger partial charge in [0.15, 0.2) is 0 Å². The van der Waals surface area contributed by atoms with Crippen LogP contribution in [0.25, 0.3) is 0 Å². The predicted molar refractivity (Wildman–Crippen MR) is 84.9 cm³/mol. The molecule has 1 aromatic carbocycles. The number of nitrogens with one attached hydrogen (secondary N) is 2. The maximum atomic E-state index is 12.6. The largest absolute Gasteiger partial charge is 0.323 e. The fraction of sp³-hybridized carbons (Fsp3) is 0.500. The lowest BCUT2D eigenvalue weighted by Crippen LogP contribution is -2.47. The zero-order valence-corrected chi connectivity index (χ0v) is 13.5. The van der Waals surface area contributed by atoms with Gasteiger partial charge in [-0.15, -0.1) is 0 Å². The Labute approximate surface area is 134 Å². The van der Waals surface area contributed by atoms with E-state index in [-0.39, 0.29) is 5.91 Å². The molecule has 20 heavy (non-hydrogen) atoms. The predicted octanol–water partition coefficient (Wildman–Crippen LogP) is 4.37. The molecule has 0 radical (unpaired) electrons. The van der Waals surface area contributed by atoms with Gasteiger partial charge in [-0.2, -0.15) is 0 Å². The molecule has 110 valence electrons. The number of carbonyl (C=O) groups excluding carboxylic acids is 1. The Bertz CT molecular complexity index is 490. The van der Waals surface area contributed by atoms with Crippen LogP contribution in [0.15, 0.2) is 12.1 Å². The van der Waals surface area contributed by atoms with E-state index in [9.17, 15) is 4.79 Å². The van der Waals surface area contributed by atoms with E-state index in [1.807, 2.05) is 6.92 Å². The molecule has 1 aromatic rings. The first-order valence-corrected chi connectivity index (χ1v) is 7.78. The molecule has 1 aliphatic heterocycles. The maximum absolute atomic E-state index is 12.6. The van der Waals surface area contributed by atoms with Crippen LogP contribution in [0.5, 0.6) is 0 Å². The van der Waals surface area contributed by atoms with Crippen molar-refractivity contribution in [1.82, 2.24) is 5.32 Å². The second-order valence-electron chi connectivity index (χ2n) is 5.11. The first-order valence-electron chi connectivity index (χ1n) is 6.65. The summed E-state index contributed by atoms with van der Waals surface area (Å²) < 4.78 is 0. The van der Waals surface area contributed by atoms with Crippen molar-refractivity contribution in [2.45, 2.75) is 26.2 Å². The molecule has 0 spiro atoms. The van der Waals surface area contributed by atoms with Gasteiger partial charge in [0.25, 0.3) is 0 Å². The molecule has 0 aliphatic carbocycles. The number of piperidine rings is 1. The van der Waals surface area contributed by atoms with Crippen molar-refractivity contribution in [1.29, 1.82) is 0 Å². The van der Waals surface area contributed by atoms with Crippen molar-refractivity contribution in [3.63, 3.8) is 0 Å². The van der Waals surface area contributed by atoms with E-state index in [0.717, 1.165) is 25.8 Å². The second-order valence-corrected chi connectivity index (χ2v) is 6.36. The summed E-state index contributed by atoms with van der Waals surface area (Å²) in [6.07, 6.45) is 2.63. The van der Waals surface area contributed by atoms with Gasteiger partial charge in [0.2, 0.25) is 5.91 Å². The van der Waals surface area contributed by atoms with Crippen LogP contribution in [-0.2, 0) is 4.79 Å². The highest BCUT2D eigenvalue weighted by Crippen LogP contribution is 2.37. The summed E-state index contributed by atoms with van der Waals surface area (Å²) in [5.74, 6) is -0.0432. The van der Waals surface area contributed by atoms with Gasteiger partial charge in [0, 0.05) is 11.6 Å². The molecule has 1 heterocycles. The third-order valence-electron chi connectivity index (χ3n) is 3.88. The molecule has 1 amide bonds. The van der Waals surface area contributed by atoms with Gasteiger partial charge in [-0.05, 0) is 37.9 Å². The van der Waals surface area contributed by atoms with Crippen molar-refractivity contribution in [3.05, 3.63) is 27.2 Å². The zero-order valence-electron chi connectivity index (χ0n) is 11.2. The minimum atomic E-state index is -0.398. The normalized spacial score (nSPS) is 22.6. The topological polar surface area (TPSA) is 41.1 Å². The molecule has 2 rings (SSSR count). The fourth-order valence-corrected chi connectivity index (χ4v) is 3.44. The van der Waals surface area contributed by atoms with Gasteiger partial charge in [0.1, 0.15) is 0 Å². The Balaban J connectivity index is 2.23. The van der Waals surface area contributed by atoms with E-state index in [0.29, 0.717) is 27.3 Å². The van der Waals surface area contributed by atoms with Crippen LogP contribution in [-0.4, -0.2) is 19.0 Å². The van der Waals surface area contributed by atoms with Gasteiger partial charge in [0.05, 0.1) is 21.1 Å². The number of anilines is 1. The van der Waals surface area contributed by atoms with E-state index in [2.05, 4.69) is 10.6 Å². The molecule has 6 heteroatoms. The maximum Gasteiger partial charge on any atom is 0.231 e. The molecule has 0 saturated carbocycles. The lowest BCUT2D eigenvalue weighted by Gasteiger charge is -2.35. The standard InChI is InChI=1S/C14H17Cl3N2O/c1-2-14(4-3-5-18-8-14)13(20)19-12-10(16)6-9(15)7-11(12)17/h6-7,18H,2-5,8H2,1H3,(H,19,20). The summed E-state index contributed by atoms with van der Waals surface area (Å²) in [5.41, 5.74) is 0.0333. The second kappa shape index (κ2) is 6.52. The van der Waals surface area contributed by atoms with Crippen molar-refractivity contribution >= 4 is 46.4 Å². The molecular weight excluding hydrogens is 319 g/mol. The lowest BCUT2D eigenvalue weighted by molar-refractivity contribution is -0.126. The third kappa shape index (κ3) is 3.22. The summed E-state index contributed by atoms with van der Waals surface area (Å²) in [5, 5.41) is 7.30. The number of hydrogen-bond donors (Lipinski definition) is 2. The SMILES string of the molecule is CCC1(C(=O)Nc2c(Cl)cc(Cl)cc2Cl)CCCNC1. The van der Waals surface area contributed by atoms with E-state index in [4.69, 9.17) is 34.8 Å². The van der Waals surface area contributed by atoms with Crippen LogP contribution >= 0.6 is 34.8 Å². The average Bonchev–Trinajstić information content (AvgIpc) is 2.43. The van der Waals surface area contributed by atoms with Crippen LogP contribution < -0.4 is 10.6 Å². The first-order chi connectivity index (χ1) is 9.48. The van der Waals surface area contributed by atoms with Gasteiger partial charge in [-0.1, -0.05) is 41.7 Å². The number of hydrogen-bond acceptors (Lipinski definition) is 2. The molecule has 3 nitrogen and oxygen atoms in total. The number of benzene rings is 1. The Morgan fingerprint density at radius 1 is 1.35 bits per heavy atom. The average molecular weight is 336 g/mol. The minimum absolute atomic E-state index is 0.0432. The smallest absolute Gasteiger partial charge is 0.231 e. The van der Waals surface area contributed by atoms with Crippen molar-refractivity contribution < 1.29 is 4.79 Å². The Kier molecular flexibility index (Phi) is 5.19. The summed E-state index contributed by atoms with van der Waals surface area (Å²) in [7, 11) is 0. The highest BCUT2D eigenvalue weighted by molar-refractivity contribution is 6.42. The van der Waals surface area contributed by atoms with Crippen molar-refractivity contribution in [2.75, 3.05) is 18.4 Å². The highest BCUT2D eigenvalue weighted by Gasteiger charge is 2.38. The molecule has 1 saturated heterocycles. The van der Waals surface area contributed by atoms with Gasteiger partial charge < -0.3 is 10.6 Å². The number of halogens is 3. The van der Waals surface area contributed by atoms with Gasteiger partial charge in [-0.3, -0.25) is 4.79 Å². The zero-order chi connectivity index (χ0) is 14.8. The molecule has 1 atom stereocenters. The highest BCUT2D eigenvalue weighted by atomic mass is 35.5. The molecule has 0 bridgehead atoms. The lowest BCUT2D eigenvalue weighted by atomic mass is 9.77. The molecule has 1 aliphatic rings. The Hall–Kier alpha value is -0.480. The molecule has 0 aromatic heterocycles. The van der Waals surface area contributed by atoms with E-state index < -0.39 is 5.41 Å². The van der Waals surface area contributed by atoms with E-state index in [1.165, 1.54) is 0 Å².